The van der Waals surface area contributed by atoms with Crippen LogP contribution in [0, 0.1) is 5.41 Å². The molecule has 0 unspecified atom stereocenters. The summed E-state index contributed by atoms with van der Waals surface area (Å²) in [6, 6.07) is 10.1. The fraction of sp³-hybridized carbons (Fsp3) is 0.619. The van der Waals surface area contributed by atoms with E-state index >= 15 is 0 Å². The molecule has 3 fully saturated rings. The predicted molar refractivity (Wildman–Crippen MR) is 101 cm³/mol. The van der Waals surface area contributed by atoms with Gasteiger partial charge in [0.05, 0.1) is 5.92 Å². The van der Waals surface area contributed by atoms with E-state index in [0.717, 1.165) is 63.8 Å². The molecule has 1 spiro atoms. The maximum absolute atomic E-state index is 13.0. The number of piperidine rings is 2. The van der Waals surface area contributed by atoms with Crippen molar-refractivity contribution in [3.05, 3.63) is 35.9 Å². The third kappa shape index (κ3) is 3.13. The van der Waals surface area contributed by atoms with Crippen LogP contribution in [-0.4, -0.2) is 48.4 Å². The predicted octanol–water partition coefficient (Wildman–Crippen LogP) is 2.04. The van der Waals surface area contributed by atoms with Crippen LogP contribution >= 0.6 is 0 Å². The topological polar surface area (TPSA) is 61.4 Å². The monoisotopic (exact) mass is 355 g/mol. The fourth-order valence-electron chi connectivity index (χ4n) is 4.88. The van der Waals surface area contributed by atoms with Crippen LogP contribution in [0.25, 0.3) is 0 Å². The van der Waals surface area contributed by atoms with Crippen LogP contribution in [0.2, 0.25) is 0 Å². The molecule has 3 aliphatic heterocycles. The molecule has 1 aromatic rings. The summed E-state index contributed by atoms with van der Waals surface area (Å²) < 4.78 is 0. The lowest BCUT2D eigenvalue weighted by molar-refractivity contribution is -0.144. The van der Waals surface area contributed by atoms with Gasteiger partial charge in [0.15, 0.2) is 0 Å². The molecule has 4 rings (SSSR count). The van der Waals surface area contributed by atoms with Crippen molar-refractivity contribution in [2.24, 2.45) is 5.41 Å². The number of benzene rings is 1. The molecule has 26 heavy (non-hydrogen) atoms. The summed E-state index contributed by atoms with van der Waals surface area (Å²) in [7, 11) is 0. The average molecular weight is 355 g/mol. The van der Waals surface area contributed by atoms with Crippen LogP contribution in [0.3, 0.4) is 0 Å². The molecule has 3 saturated heterocycles. The van der Waals surface area contributed by atoms with Crippen molar-refractivity contribution in [3.63, 3.8) is 0 Å². The Labute approximate surface area is 155 Å². The third-order valence-electron chi connectivity index (χ3n) is 6.73. The first-order valence-electron chi connectivity index (χ1n) is 9.89. The van der Waals surface area contributed by atoms with E-state index < -0.39 is 0 Å². The Morgan fingerprint density at radius 3 is 2.38 bits per heavy atom. The number of hydrogen-bond donors (Lipinski definition) is 2. The number of carbonyl (C=O) groups is 2. The van der Waals surface area contributed by atoms with E-state index in [2.05, 4.69) is 17.6 Å². The van der Waals surface area contributed by atoms with Gasteiger partial charge >= 0.3 is 0 Å². The van der Waals surface area contributed by atoms with Gasteiger partial charge in [0.1, 0.15) is 0 Å². The molecule has 2 amide bonds. The molecule has 140 valence electrons. The third-order valence-corrected chi connectivity index (χ3v) is 6.73. The molecular formula is C21H29N3O2. The number of rotatable bonds is 2. The molecule has 1 atom stereocenters. The summed E-state index contributed by atoms with van der Waals surface area (Å²) in [4.78, 5) is 27.6. The van der Waals surface area contributed by atoms with E-state index in [1.165, 1.54) is 0 Å². The van der Waals surface area contributed by atoms with Crippen molar-refractivity contribution in [2.45, 2.75) is 50.5 Å². The molecule has 5 nitrogen and oxygen atoms in total. The Hall–Kier alpha value is -1.88. The highest BCUT2D eigenvalue weighted by Crippen LogP contribution is 2.40. The van der Waals surface area contributed by atoms with Crippen LogP contribution in [0.5, 0.6) is 0 Å². The number of amides is 2. The maximum atomic E-state index is 13.0. The zero-order valence-corrected chi connectivity index (χ0v) is 15.6. The van der Waals surface area contributed by atoms with Gasteiger partial charge < -0.3 is 15.5 Å². The quantitative estimate of drug-likeness (QED) is 0.853. The zero-order chi connectivity index (χ0) is 18.2. The van der Waals surface area contributed by atoms with E-state index in [4.69, 9.17) is 0 Å². The number of nitrogens with zero attached hydrogens (tertiary/aromatic N) is 1. The molecule has 2 N–H and O–H groups in total. The van der Waals surface area contributed by atoms with Gasteiger partial charge in [-0.05, 0) is 50.8 Å². The van der Waals surface area contributed by atoms with Crippen molar-refractivity contribution in [1.82, 2.24) is 15.5 Å². The second-order valence-electron chi connectivity index (χ2n) is 8.54. The maximum Gasteiger partial charge on any atom is 0.228 e. The van der Waals surface area contributed by atoms with Gasteiger partial charge in [-0.15, -0.1) is 0 Å². The highest BCUT2D eigenvalue weighted by molar-refractivity contribution is 5.87. The van der Waals surface area contributed by atoms with Gasteiger partial charge in [0, 0.05) is 24.0 Å². The number of likely N-dealkylation sites (tertiary alicyclic amines) is 1. The van der Waals surface area contributed by atoms with Gasteiger partial charge in [0.25, 0.3) is 0 Å². The standard InChI is InChI=1S/C21H29N3O2/c1-20(7-11-22-12-8-20)19(26)24-13-9-21(10-14-24)15-17(18(25)23-21)16-5-3-2-4-6-16/h2-6,17,22H,7-15H2,1H3,(H,23,25)/t17-/m0/s1. The normalized spacial score (nSPS) is 27.3. The van der Waals surface area contributed by atoms with Crippen LogP contribution in [0.1, 0.15) is 50.5 Å². The first-order chi connectivity index (χ1) is 12.5. The highest BCUT2D eigenvalue weighted by atomic mass is 16.2. The van der Waals surface area contributed by atoms with Crippen molar-refractivity contribution in [1.29, 1.82) is 0 Å². The summed E-state index contributed by atoms with van der Waals surface area (Å²) in [6.45, 7) is 5.47. The van der Waals surface area contributed by atoms with E-state index in [-0.39, 0.29) is 22.8 Å². The van der Waals surface area contributed by atoms with Crippen molar-refractivity contribution in [2.75, 3.05) is 26.2 Å². The summed E-state index contributed by atoms with van der Waals surface area (Å²) in [6.07, 6.45) is 4.41. The van der Waals surface area contributed by atoms with Gasteiger partial charge in [-0.1, -0.05) is 37.3 Å². The molecule has 0 bridgehead atoms. The molecule has 1 aromatic carbocycles. The molecule has 3 heterocycles. The molecule has 0 radical (unpaired) electrons. The minimum absolute atomic E-state index is 0.0552. The van der Waals surface area contributed by atoms with Gasteiger partial charge in [0.2, 0.25) is 11.8 Å². The van der Waals surface area contributed by atoms with Crippen LogP contribution in [0.4, 0.5) is 0 Å². The van der Waals surface area contributed by atoms with Crippen molar-refractivity contribution in [3.8, 4) is 0 Å². The summed E-state index contributed by atoms with van der Waals surface area (Å²) >= 11 is 0. The second-order valence-corrected chi connectivity index (χ2v) is 8.54. The van der Waals surface area contributed by atoms with E-state index in [1.54, 1.807) is 0 Å². The first kappa shape index (κ1) is 17.5. The Balaban J connectivity index is 1.40. The lowest BCUT2D eigenvalue weighted by atomic mass is 9.77. The Morgan fingerprint density at radius 2 is 1.73 bits per heavy atom. The largest absolute Gasteiger partial charge is 0.350 e. The van der Waals surface area contributed by atoms with Crippen LogP contribution in [0.15, 0.2) is 30.3 Å². The van der Waals surface area contributed by atoms with Crippen LogP contribution < -0.4 is 10.6 Å². The smallest absolute Gasteiger partial charge is 0.228 e. The molecule has 3 aliphatic rings. The van der Waals surface area contributed by atoms with Gasteiger partial charge in [-0.3, -0.25) is 9.59 Å². The number of hydrogen-bond acceptors (Lipinski definition) is 3. The first-order valence-corrected chi connectivity index (χ1v) is 9.89. The summed E-state index contributed by atoms with van der Waals surface area (Å²) in [5.41, 5.74) is 0.743. The highest BCUT2D eigenvalue weighted by Gasteiger charge is 2.48. The summed E-state index contributed by atoms with van der Waals surface area (Å²) in [5, 5.41) is 6.62. The number of nitrogens with one attached hydrogen (secondary N) is 2. The lowest BCUT2D eigenvalue weighted by Gasteiger charge is -2.43. The molecule has 0 saturated carbocycles. The Morgan fingerprint density at radius 1 is 1.08 bits per heavy atom. The van der Waals surface area contributed by atoms with E-state index in [0.29, 0.717) is 5.91 Å². The second kappa shape index (κ2) is 6.69. The Bertz CT molecular complexity index is 674. The van der Waals surface area contributed by atoms with Gasteiger partial charge in [-0.2, -0.15) is 0 Å². The zero-order valence-electron chi connectivity index (χ0n) is 15.6. The van der Waals surface area contributed by atoms with E-state index in [1.807, 2.05) is 35.2 Å². The van der Waals surface area contributed by atoms with Crippen molar-refractivity contribution < 1.29 is 9.59 Å². The summed E-state index contributed by atoms with van der Waals surface area (Å²) in [5.74, 6) is 0.388. The average Bonchev–Trinajstić information content (AvgIpc) is 2.99. The number of carbonyl (C=O) groups excluding carboxylic acids is 2. The lowest BCUT2D eigenvalue weighted by Crippen LogP contribution is -2.55. The minimum atomic E-state index is -0.221. The molecular weight excluding hydrogens is 326 g/mol. The minimum Gasteiger partial charge on any atom is -0.350 e. The Kier molecular flexibility index (Phi) is 4.51. The SMILES string of the molecule is CC1(C(=O)N2CCC3(CC2)C[C@@H](c2ccccc2)C(=O)N3)CCNCC1. The molecule has 5 heteroatoms. The fourth-order valence-corrected chi connectivity index (χ4v) is 4.88. The molecule has 0 aliphatic carbocycles. The van der Waals surface area contributed by atoms with E-state index in [9.17, 15) is 9.59 Å². The van der Waals surface area contributed by atoms with Gasteiger partial charge in [-0.25, -0.2) is 0 Å². The molecule has 0 aromatic heterocycles. The van der Waals surface area contributed by atoms with Crippen molar-refractivity contribution >= 4 is 11.8 Å². The van der Waals surface area contributed by atoms with Crippen LogP contribution in [-0.2, 0) is 9.59 Å².